The van der Waals surface area contributed by atoms with E-state index in [2.05, 4.69) is 10.3 Å². The van der Waals surface area contributed by atoms with Gasteiger partial charge in [0, 0.05) is 32.5 Å². The van der Waals surface area contributed by atoms with Crippen LogP contribution in [0.1, 0.15) is 64.2 Å². The van der Waals surface area contributed by atoms with Crippen molar-refractivity contribution in [1.29, 1.82) is 0 Å². The number of nitrogens with zero attached hydrogens (tertiary/aromatic N) is 1. The second kappa shape index (κ2) is 8.27. The molecular weight excluding hydrogens is 372 g/mol. The SMILES string of the molecule is O=C1N=C(N[C@H]2C[C@@H]3CC[C@H]2C3)SC1(CC1CCOCC1)CC1CCOCC1. The second-order valence-corrected chi connectivity index (χ2v) is 11.1. The van der Waals surface area contributed by atoms with Crippen LogP contribution in [-0.2, 0) is 14.3 Å². The van der Waals surface area contributed by atoms with Crippen molar-refractivity contribution in [2.24, 2.45) is 28.7 Å². The average Bonchev–Trinajstić information content (AvgIpc) is 3.39. The van der Waals surface area contributed by atoms with Gasteiger partial charge in [-0.3, -0.25) is 4.79 Å². The maximum Gasteiger partial charge on any atom is 0.264 e. The standard InChI is InChI=1S/C22H34N2O3S/c25-20-22(13-15-3-7-26-8-4-15,14-16-5-9-27-10-6-16)28-21(24-20)23-19-12-17-1-2-18(19)11-17/h15-19H,1-14H2,(H,23,24,25)/t17-,18+,19+/m1/s1. The lowest BCUT2D eigenvalue weighted by Gasteiger charge is -2.36. The molecule has 4 fully saturated rings. The van der Waals surface area contributed by atoms with E-state index in [0.29, 0.717) is 17.9 Å². The molecule has 3 atom stereocenters. The number of ether oxygens (including phenoxy) is 2. The molecule has 156 valence electrons. The zero-order valence-electron chi connectivity index (χ0n) is 16.9. The topological polar surface area (TPSA) is 59.9 Å². The van der Waals surface area contributed by atoms with Crippen LogP contribution < -0.4 is 5.32 Å². The number of carbonyl (C=O) groups is 1. The van der Waals surface area contributed by atoms with Crippen LogP contribution in [-0.4, -0.2) is 48.3 Å². The van der Waals surface area contributed by atoms with Gasteiger partial charge in [0.15, 0.2) is 5.17 Å². The molecule has 0 radical (unpaired) electrons. The number of hydrogen-bond acceptors (Lipinski definition) is 5. The van der Waals surface area contributed by atoms with Crippen molar-refractivity contribution in [3.63, 3.8) is 0 Å². The lowest BCUT2D eigenvalue weighted by Crippen LogP contribution is -2.40. The number of aliphatic imine (C=N–C) groups is 1. The minimum absolute atomic E-state index is 0.126. The van der Waals surface area contributed by atoms with Gasteiger partial charge < -0.3 is 14.8 Å². The summed E-state index contributed by atoms with van der Waals surface area (Å²) in [5.41, 5.74) is 0. The molecule has 5 nitrogen and oxygen atoms in total. The van der Waals surface area contributed by atoms with Crippen molar-refractivity contribution < 1.29 is 14.3 Å². The van der Waals surface area contributed by atoms with E-state index in [1.165, 1.54) is 25.7 Å². The maximum absolute atomic E-state index is 13.3. The van der Waals surface area contributed by atoms with Crippen LogP contribution >= 0.6 is 11.8 Å². The molecule has 2 aliphatic carbocycles. The summed E-state index contributed by atoms with van der Waals surface area (Å²) in [5, 5.41) is 4.63. The summed E-state index contributed by atoms with van der Waals surface area (Å²) in [6.45, 7) is 3.36. The highest BCUT2D eigenvalue weighted by Gasteiger charge is 2.49. The molecule has 28 heavy (non-hydrogen) atoms. The molecule has 2 saturated heterocycles. The highest BCUT2D eigenvalue weighted by molar-refractivity contribution is 8.16. The van der Waals surface area contributed by atoms with Crippen molar-refractivity contribution in [1.82, 2.24) is 5.32 Å². The Morgan fingerprint density at radius 3 is 2.11 bits per heavy atom. The van der Waals surface area contributed by atoms with Gasteiger partial charge in [0.25, 0.3) is 5.91 Å². The Hall–Kier alpha value is -0.590. The van der Waals surface area contributed by atoms with Crippen LogP contribution in [0.4, 0.5) is 0 Å². The van der Waals surface area contributed by atoms with Crippen molar-refractivity contribution in [2.45, 2.75) is 75.0 Å². The van der Waals surface area contributed by atoms with E-state index in [-0.39, 0.29) is 10.7 Å². The van der Waals surface area contributed by atoms with Crippen LogP contribution in [0.25, 0.3) is 0 Å². The van der Waals surface area contributed by atoms with Crippen LogP contribution in [0.3, 0.4) is 0 Å². The Kier molecular flexibility index (Phi) is 5.72. The third kappa shape index (κ3) is 4.01. The maximum atomic E-state index is 13.3. The van der Waals surface area contributed by atoms with E-state index in [0.717, 1.165) is 82.0 Å². The fraction of sp³-hybridized carbons (Fsp3) is 0.909. The monoisotopic (exact) mass is 406 g/mol. The first kappa shape index (κ1) is 19.4. The van der Waals surface area contributed by atoms with Crippen LogP contribution in [0.2, 0.25) is 0 Å². The molecule has 0 aromatic rings. The van der Waals surface area contributed by atoms with Crippen molar-refractivity contribution in [3.05, 3.63) is 0 Å². The number of rotatable bonds is 5. The third-order valence-electron chi connectivity index (χ3n) is 7.85. The molecular formula is C22H34N2O3S. The molecule has 0 aromatic heterocycles. The molecule has 0 aromatic carbocycles. The molecule has 1 N–H and O–H groups in total. The minimum atomic E-state index is -0.357. The van der Waals surface area contributed by atoms with Gasteiger partial charge in [0.05, 0.1) is 0 Å². The first-order valence-corrected chi connectivity index (χ1v) is 12.3. The van der Waals surface area contributed by atoms with E-state index in [1.807, 2.05) is 0 Å². The van der Waals surface area contributed by atoms with E-state index in [1.54, 1.807) is 11.8 Å². The van der Waals surface area contributed by atoms with Gasteiger partial charge in [-0.15, -0.1) is 0 Å². The zero-order valence-corrected chi connectivity index (χ0v) is 17.7. The number of nitrogens with one attached hydrogen (secondary N) is 1. The Bertz CT molecular complexity index is 593. The van der Waals surface area contributed by atoms with Gasteiger partial charge in [-0.25, -0.2) is 0 Å². The molecule has 5 rings (SSSR count). The van der Waals surface area contributed by atoms with Crippen molar-refractivity contribution >= 4 is 22.8 Å². The smallest absolute Gasteiger partial charge is 0.264 e. The largest absolute Gasteiger partial charge is 0.381 e. The fourth-order valence-electron chi connectivity index (χ4n) is 6.26. The van der Waals surface area contributed by atoms with Gasteiger partial charge in [-0.1, -0.05) is 18.2 Å². The van der Waals surface area contributed by atoms with Crippen LogP contribution in [0.5, 0.6) is 0 Å². The third-order valence-corrected chi connectivity index (χ3v) is 9.15. The van der Waals surface area contributed by atoms with Crippen molar-refractivity contribution in [2.75, 3.05) is 26.4 Å². The lowest BCUT2D eigenvalue weighted by molar-refractivity contribution is -0.121. The first-order valence-electron chi connectivity index (χ1n) is 11.4. The Morgan fingerprint density at radius 2 is 1.57 bits per heavy atom. The molecule has 3 heterocycles. The highest BCUT2D eigenvalue weighted by Crippen LogP contribution is 2.48. The van der Waals surface area contributed by atoms with Gasteiger partial charge >= 0.3 is 0 Å². The highest BCUT2D eigenvalue weighted by atomic mass is 32.2. The molecule has 2 bridgehead atoms. The van der Waals surface area contributed by atoms with E-state index in [9.17, 15) is 4.79 Å². The number of hydrogen-bond donors (Lipinski definition) is 1. The van der Waals surface area contributed by atoms with Gasteiger partial charge in [-0.05, 0) is 81.5 Å². The van der Waals surface area contributed by atoms with Gasteiger partial charge in [-0.2, -0.15) is 4.99 Å². The quantitative estimate of drug-likeness (QED) is 0.753. The minimum Gasteiger partial charge on any atom is -0.381 e. The number of fused-ring (bicyclic) bond motifs is 2. The molecule has 6 heteroatoms. The summed E-state index contributed by atoms with van der Waals surface area (Å²) in [4.78, 5) is 17.9. The lowest BCUT2D eigenvalue weighted by atomic mass is 9.80. The van der Waals surface area contributed by atoms with E-state index in [4.69, 9.17) is 9.47 Å². The molecule has 1 amide bonds. The first-order chi connectivity index (χ1) is 13.7. The average molecular weight is 407 g/mol. The molecule has 2 saturated carbocycles. The predicted octanol–water partition coefficient (Wildman–Crippen LogP) is 3.77. The van der Waals surface area contributed by atoms with E-state index < -0.39 is 0 Å². The van der Waals surface area contributed by atoms with Gasteiger partial charge in [0.1, 0.15) is 4.75 Å². The zero-order chi connectivity index (χ0) is 19.0. The van der Waals surface area contributed by atoms with Crippen LogP contribution in [0.15, 0.2) is 4.99 Å². The summed E-state index contributed by atoms with van der Waals surface area (Å²) >= 11 is 1.78. The molecule has 3 aliphatic heterocycles. The Morgan fingerprint density at radius 1 is 0.929 bits per heavy atom. The predicted molar refractivity (Wildman–Crippen MR) is 111 cm³/mol. The van der Waals surface area contributed by atoms with Gasteiger partial charge in [0.2, 0.25) is 0 Å². The van der Waals surface area contributed by atoms with Crippen molar-refractivity contribution in [3.8, 4) is 0 Å². The summed E-state index contributed by atoms with van der Waals surface area (Å²) in [7, 11) is 0. The summed E-state index contributed by atoms with van der Waals surface area (Å²) in [5.74, 6) is 2.99. The Labute approximate surface area is 172 Å². The molecule has 0 spiro atoms. The molecule has 5 aliphatic rings. The second-order valence-electron chi connectivity index (χ2n) is 9.76. The number of carbonyl (C=O) groups excluding carboxylic acids is 1. The van der Waals surface area contributed by atoms with E-state index >= 15 is 0 Å². The number of amidine groups is 1. The number of amides is 1. The van der Waals surface area contributed by atoms with Crippen LogP contribution in [0, 0.1) is 23.7 Å². The number of thioether (sulfide) groups is 1. The summed E-state index contributed by atoms with van der Waals surface area (Å²) in [6.07, 6.45) is 11.6. The fourth-order valence-corrected chi connectivity index (χ4v) is 7.74. The normalized spacial score (nSPS) is 36.1. The Balaban J connectivity index is 1.28. The molecule has 0 unspecified atom stereocenters. The summed E-state index contributed by atoms with van der Waals surface area (Å²) < 4.78 is 10.8. The summed E-state index contributed by atoms with van der Waals surface area (Å²) in [6, 6.07) is 0.541.